The van der Waals surface area contributed by atoms with Gasteiger partial charge in [-0.3, -0.25) is 9.42 Å². The van der Waals surface area contributed by atoms with Crippen molar-refractivity contribution in [1.82, 2.24) is 10.5 Å². The first-order valence-electron chi connectivity index (χ1n) is 5.93. The van der Waals surface area contributed by atoms with Gasteiger partial charge < -0.3 is 15.6 Å². The van der Waals surface area contributed by atoms with E-state index in [1.807, 2.05) is 0 Å². The van der Waals surface area contributed by atoms with Crippen molar-refractivity contribution < 1.29 is 24.2 Å². The van der Waals surface area contributed by atoms with E-state index in [0.29, 0.717) is 0 Å². The molecule has 8 nitrogen and oxygen atoms in total. The van der Waals surface area contributed by atoms with Crippen LogP contribution in [0.1, 0.15) is 24.2 Å². The number of carboxylic acids is 1. The molecule has 1 atom stereocenters. The number of amides is 1. The molecule has 1 heterocycles. The van der Waals surface area contributed by atoms with Gasteiger partial charge in [-0.05, 0) is 23.0 Å². The Morgan fingerprint density at radius 2 is 2.15 bits per heavy atom. The Morgan fingerprint density at radius 3 is 2.75 bits per heavy atom. The van der Waals surface area contributed by atoms with Crippen LogP contribution < -0.4 is 10.2 Å². The van der Waals surface area contributed by atoms with Crippen LogP contribution in [0.5, 0.6) is 0 Å². The average molecular weight is 279 g/mol. The van der Waals surface area contributed by atoms with E-state index in [-0.39, 0.29) is 27.4 Å². The van der Waals surface area contributed by atoms with Crippen LogP contribution in [0.2, 0.25) is 0 Å². The normalized spacial score (nSPS) is 12.6. The molecule has 0 bridgehead atoms. The van der Waals surface area contributed by atoms with Gasteiger partial charge in [0.05, 0.1) is 0 Å². The number of aromatic nitrogens is 2. The molecule has 0 aliphatic heterocycles. The molecule has 0 aliphatic carbocycles. The quantitative estimate of drug-likeness (QED) is 0.777. The summed E-state index contributed by atoms with van der Waals surface area (Å²) in [6.07, 6.45) is 0. The molecule has 1 aromatic carbocycles. The summed E-state index contributed by atoms with van der Waals surface area (Å²) in [7, 11) is 0. The maximum absolute atomic E-state index is 12.0. The van der Waals surface area contributed by atoms with Gasteiger partial charge in [0.15, 0.2) is 0 Å². The lowest BCUT2D eigenvalue weighted by molar-refractivity contribution is -0.782. The van der Waals surface area contributed by atoms with Gasteiger partial charge in [0.2, 0.25) is 11.0 Å². The fourth-order valence-electron chi connectivity index (χ4n) is 1.76. The van der Waals surface area contributed by atoms with Crippen LogP contribution in [-0.4, -0.2) is 28.2 Å². The maximum Gasteiger partial charge on any atom is 0.326 e. The van der Waals surface area contributed by atoms with Crippen LogP contribution in [0.4, 0.5) is 0 Å². The Labute approximate surface area is 113 Å². The van der Waals surface area contributed by atoms with Crippen molar-refractivity contribution in [1.29, 1.82) is 0 Å². The van der Waals surface area contributed by atoms with Crippen molar-refractivity contribution in [3.8, 4) is 0 Å². The predicted octanol–water partition coefficient (Wildman–Crippen LogP) is 0.300. The summed E-state index contributed by atoms with van der Waals surface area (Å²) < 4.78 is 4.39. The van der Waals surface area contributed by atoms with E-state index >= 15 is 0 Å². The minimum Gasteiger partial charge on any atom is -0.480 e. The van der Waals surface area contributed by atoms with Crippen molar-refractivity contribution >= 4 is 22.9 Å². The van der Waals surface area contributed by atoms with Crippen LogP contribution in [0, 0.1) is 11.1 Å². The van der Waals surface area contributed by atoms with Crippen molar-refractivity contribution in [3.05, 3.63) is 29.0 Å². The average Bonchev–Trinajstić information content (AvgIpc) is 2.76. The molecule has 0 spiro atoms. The SMILES string of the molecule is CC(C)[C@H](NC(=O)c1ccc2c(c1)no[n+]2[O-])C(=O)O. The van der Waals surface area contributed by atoms with E-state index in [4.69, 9.17) is 5.11 Å². The molecule has 2 N–H and O–H groups in total. The molecule has 20 heavy (non-hydrogen) atoms. The standard InChI is InChI=1S/C12H13N3O5/c1-6(2)10(12(17)18)13-11(16)7-3-4-9-8(5-7)14-20-15(9)19/h3-6,10H,1-2H3,(H,13,16)(H,17,18)/t10-/m0/s1. The Morgan fingerprint density at radius 1 is 1.45 bits per heavy atom. The highest BCUT2D eigenvalue weighted by molar-refractivity contribution is 5.98. The van der Waals surface area contributed by atoms with Gasteiger partial charge in [0.1, 0.15) is 6.04 Å². The molecule has 0 saturated heterocycles. The van der Waals surface area contributed by atoms with Gasteiger partial charge in [-0.2, -0.15) is 0 Å². The molecule has 2 rings (SSSR count). The van der Waals surface area contributed by atoms with Crippen molar-refractivity contribution in [2.45, 2.75) is 19.9 Å². The Bertz CT molecular complexity index is 664. The summed E-state index contributed by atoms with van der Waals surface area (Å²) in [5.41, 5.74) is 0.627. The number of fused-ring (bicyclic) bond motifs is 1. The lowest BCUT2D eigenvalue weighted by Gasteiger charge is -2.17. The van der Waals surface area contributed by atoms with Gasteiger partial charge in [0.25, 0.3) is 5.91 Å². The second-order valence-electron chi connectivity index (χ2n) is 4.67. The van der Waals surface area contributed by atoms with E-state index in [9.17, 15) is 14.8 Å². The summed E-state index contributed by atoms with van der Waals surface area (Å²) in [6, 6.07) is 3.17. The van der Waals surface area contributed by atoms with Crippen LogP contribution in [0.25, 0.3) is 11.0 Å². The highest BCUT2D eigenvalue weighted by Crippen LogP contribution is 2.11. The summed E-state index contributed by atoms with van der Waals surface area (Å²) in [6.45, 7) is 3.39. The van der Waals surface area contributed by atoms with Crippen molar-refractivity contribution in [3.63, 3.8) is 0 Å². The second kappa shape index (κ2) is 5.16. The first-order chi connectivity index (χ1) is 9.40. The minimum atomic E-state index is -1.10. The van der Waals surface area contributed by atoms with E-state index in [1.165, 1.54) is 18.2 Å². The third-order valence-corrected chi connectivity index (χ3v) is 2.87. The maximum atomic E-state index is 12.0. The predicted molar refractivity (Wildman–Crippen MR) is 66.7 cm³/mol. The zero-order valence-electron chi connectivity index (χ0n) is 10.9. The van der Waals surface area contributed by atoms with Gasteiger partial charge in [-0.1, -0.05) is 13.8 Å². The number of nitrogens with zero attached hydrogens (tertiary/aromatic N) is 2. The van der Waals surface area contributed by atoms with Gasteiger partial charge in [0, 0.05) is 16.8 Å². The molecule has 0 unspecified atom stereocenters. The lowest BCUT2D eigenvalue weighted by atomic mass is 10.0. The molecule has 8 heteroatoms. The third kappa shape index (κ3) is 2.53. The number of carboxylic acid groups (broad SMARTS) is 1. The Balaban J connectivity index is 2.24. The summed E-state index contributed by atoms with van der Waals surface area (Å²) >= 11 is 0. The van der Waals surface area contributed by atoms with Crippen molar-refractivity contribution in [2.75, 3.05) is 0 Å². The number of rotatable bonds is 4. The molecule has 106 valence electrons. The summed E-state index contributed by atoms with van der Waals surface area (Å²) in [5, 5.41) is 26.1. The molecular formula is C12H13N3O5. The number of carbonyl (C=O) groups is 2. The Hall–Kier alpha value is -2.64. The third-order valence-electron chi connectivity index (χ3n) is 2.87. The zero-order valence-corrected chi connectivity index (χ0v) is 10.9. The van der Waals surface area contributed by atoms with Crippen LogP contribution in [0.3, 0.4) is 0 Å². The summed E-state index contributed by atoms with van der Waals surface area (Å²) in [5.74, 6) is -1.90. The number of hydrogen-bond donors (Lipinski definition) is 2. The zero-order chi connectivity index (χ0) is 14.9. The fraction of sp³-hybridized carbons (Fsp3) is 0.333. The van der Waals surface area contributed by atoms with Gasteiger partial charge in [-0.25, -0.2) is 4.79 Å². The highest BCUT2D eigenvalue weighted by Gasteiger charge is 2.24. The van der Waals surface area contributed by atoms with Crippen LogP contribution >= 0.6 is 0 Å². The van der Waals surface area contributed by atoms with E-state index in [0.717, 1.165) is 0 Å². The molecule has 0 fully saturated rings. The number of benzene rings is 1. The summed E-state index contributed by atoms with van der Waals surface area (Å²) in [4.78, 5) is 23.3. The number of carbonyl (C=O) groups excluding carboxylic acids is 1. The number of hydrogen-bond acceptors (Lipinski definition) is 5. The smallest absolute Gasteiger partial charge is 0.326 e. The largest absolute Gasteiger partial charge is 0.480 e. The first-order valence-corrected chi connectivity index (χ1v) is 5.93. The van der Waals surface area contributed by atoms with Crippen molar-refractivity contribution in [2.24, 2.45) is 5.92 Å². The topological polar surface area (TPSA) is 119 Å². The highest BCUT2D eigenvalue weighted by atomic mass is 16.8. The molecule has 0 aliphatic rings. The minimum absolute atomic E-state index is 0.195. The van der Waals surface area contributed by atoms with E-state index < -0.39 is 17.9 Å². The monoisotopic (exact) mass is 279 g/mol. The van der Waals surface area contributed by atoms with Crippen LogP contribution in [0.15, 0.2) is 22.8 Å². The molecule has 2 aromatic rings. The molecular weight excluding hydrogens is 266 g/mol. The Kier molecular flexibility index (Phi) is 3.55. The molecule has 0 radical (unpaired) electrons. The van der Waals surface area contributed by atoms with Gasteiger partial charge in [-0.15, -0.1) is 0 Å². The molecule has 1 amide bonds. The van der Waals surface area contributed by atoms with E-state index in [2.05, 4.69) is 15.1 Å². The van der Waals surface area contributed by atoms with Crippen LogP contribution in [-0.2, 0) is 4.79 Å². The number of nitrogens with one attached hydrogen (secondary N) is 1. The first kappa shape index (κ1) is 13.8. The number of aliphatic carboxylic acids is 1. The van der Waals surface area contributed by atoms with E-state index in [1.54, 1.807) is 13.8 Å². The molecule has 1 aromatic heterocycles. The molecule has 0 saturated carbocycles. The second-order valence-corrected chi connectivity index (χ2v) is 4.67. The van der Waals surface area contributed by atoms with Gasteiger partial charge >= 0.3 is 5.97 Å². The lowest BCUT2D eigenvalue weighted by Crippen LogP contribution is -2.44. The fourth-order valence-corrected chi connectivity index (χ4v) is 1.76.